The standard InChI is InChI=1S/C9H22N4/c1-3-4-5-6-7-8-13(2)9(10)12-11/h3-8,11H2,1-2H3,(H2,10,12). The van der Waals surface area contributed by atoms with E-state index in [2.05, 4.69) is 12.0 Å². The molecule has 0 radical (unpaired) electrons. The normalized spacial score (nSPS) is 11.7. The Labute approximate surface area is 81.0 Å². The van der Waals surface area contributed by atoms with Crippen molar-refractivity contribution in [3.05, 3.63) is 0 Å². The predicted molar refractivity (Wildman–Crippen MR) is 57.2 cm³/mol. The largest absolute Gasteiger partial charge is 0.368 e. The molecule has 0 bridgehead atoms. The second kappa shape index (κ2) is 7.71. The highest BCUT2D eigenvalue weighted by Gasteiger charge is 1.99. The van der Waals surface area contributed by atoms with Crippen LogP contribution < -0.4 is 11.6 Å². The van der Waals surface area contributed by atoms with Gasteiger partial charge in [-0.05, 0) is 6.42 Å². The quantitative estimate of drug-likeness (QED) is 0.214. The van der Waals surface area contributed by atoms with Gasteiger partial charge in [0.15, 0.2) is 0 Å². The van der Waals surface area contributed by atoms with Gasteiger partial charge in [0.25, 0.3) is 0 Å². The van der Waals surface area contributed by atoms with Crippen LogP contribution in [0.25, 0.3) is 0 Å². The smallest absolute Gasteiger partial charge is 0.213 e. The van der Waals surface area contributed by atoms with E-state index in [0.717, 1.165) is 13.0 Å². The number of unbranched alkanes of at least 4 members (excludes halogenated alkanes) is 4. The van der Waals surface area contributed by atoms with E-state index >= 15 is 0 Å². The van der Waals surface area contributed by atoms with E-state index in [4.69, 9.17) is 11.6 Å². The van der Waals surface area contributed by atoms with Gasteiger partial charge in [0, 0.05) is 13.6 Å². The van der Waals surface area contributed by atoms with Gasteiger partial charge in [-0.1, -0.05) is 32.6 Å². The van der Waals surface area contributed by atoms with Gasteiger partial charge in [0.05, 0.1) is 0 Å². The Kier molecular flexibility index (Phi) is 7.15. The maximum Gasteiger partial charge on any atom is 0.213 e. The average molecular weight is 186 g/mol. The van der Waals surface area contributed by atoms with Crippen molar-refractivity contribution in [2.75, 3.05) is 13.6 Å². The first-order valence-corrected chi connectivity index (χ1v) is 4.96. The van der Waals surface area contributed by atoms with Crippen LogP contribution in [0.4, 0.5) is 0 Å². The molecule has 13 heavy (non-hydrogen) atoms. The summed E-state index contributed by atoms with van der Waals surface area (Å²) in [4.78, 5) is 1.88. The number of hydrazone groups is 1. The first-order chi connectivity index (χ1) is 6.22. The molecular weight excluding hydrogens is 164 g/mol. The second-order valence-electron chi connectivity index (χ2n) is 3.32. The van der Waals surface area contributed by atoms with Gasteiger partial charge in [-0.3, -0.25) is 0 Å². The van der Waals surface area contributed by atoms with E-state index in [1.165, 1.54) is 25.7 Å². The topological polar surface area (TPSA) is 67.6 Å². The van der Waals surface area contributed by atoms with Crippen molar-refractivity contribution in [3.63, 3.8) is 0 Å². The highest BCUT2D eigenvalue weighted by atomic mass is 15.3. The van der Waals surface area contributed by atoms with Gasteiger partial charge < -0.3 is 16.5 Å². The van der Waals surface area contributed by atoms with E-state index in [0.29, 0.717) is 5.96 Å². The lowest BCUT2D eigenvalue weighted by molar-refractivity contribution is 0.462. The fourth-order valence-electron chi connectivity index (χ4n) is 1.17. The highest BCUT2D eigenvalue weighted by Crippen LogP contribution is 2.02. The van der Waals surface area contributed by atoms with Crippen molar-refractivity contribution < 1.29 is 0 Å². The SMILES string of the molecule is CCCCCCCN(C)/C(N)=N/N. The molecule has 4 nitrogen and oxygen atoms in total. The summed E-state index contributed by atoms with van der Waals surface area (Å²) < 4.78 is 0. The Morgan fingerprint density at radius 1 is 1.23 bits per heavy atom. The van der Waals surface area contributed by atoms with E-state index < -0.39 is 0 Å². The molecule has 0 aliphatic rings. The molecule has 0 aromatic carbocycles. The molecular formula is C9H22N4. The number of hydrogen-bond donors (Lipinski definition) is 2. The van der Waals surface area contributed by atoms with Crippen LogP contribution in [0, 0.1) is 0 Å². The Morgan fingerprint density at radius 3 is 2.38 bits per heavy atom. The van der Waals surface area contributed by atoms with Crippen LogP contribution in [0.2, 0.25) is 0 Å². The highest BCUT2D eigenvalue weighted by molar-refractivity contribution is 5.77. The fourth-order valence-corrected chi connectivity index (χ4v) is 1.17. The van der Waals surface area contributed by atoms with Crippen LogP contribution in [0.5, 0.6) is 0 Å². The van der Waals surface area contributed by atoms with Crippen LogP contribution >= 0.6 is 0 Å². The van der Waals surface area contributed by atoms with Crippen LogP contribution in [0.1, 0.15) is 39.0 Å². The van der Waals surface area contributed by atoms with E-state index in [9.17, 15) is 0 Å². The van der Waals surface area contributed by atoms with E-state index in [-0.39, 0.29) is 0 Å². The number of guanidine groups is 1. The summed E-state index contributed by atoms with van der Waals surface area (Å²) in [5.41, 5.74) is 5.51. The first-order valence-electron chi connectivity index (χ1n) is 4.96. The minimum atomic E-state index is 0.412. The lowest BCUT2D eigenvalue weighted by Gasteiger charge is -2.16. The molecule has 0 aliphatic heterocycles. The molecule has 0 fully saturated rings. The van der Waals surface area contributed by atoms with Gasteiger partial charge in [0.1, 0.15) is 0 Å². The molecule has 4 N–H and O–H groups in total. The number of nitrogens with zero attached hydrogens (tertiary/aromatic N) is 2. The summed E-state index contributed by atoms with van der Waals surface area (Å²) in [6.45, 7) is 3.15. The van der Waals surface area contributed by atoms with Crippen molar-refractivity contribution in [1.82, 2.24) is 4.90 Å². The minimum Gasteiger partial charge on any atom is -0.368 e. The number of nitrogens with two attached hydrogens (primary N) is 2. The van der Waals surface area contributed by atoms with Gasteiger partial charge >= 0.3 is 0 Å². The summed E-state index contributed by atoms with van der Waals surface area (Å²) in [5, 5.41) is 3.42. The zero-order valence-corrected chi connectivity index (χ0v) is 8.79. The molecule has 4 heteroatoms. The van der Waals surface area contributed by atoms with Crippen molar-refractivity contribution >= 4 is 5.96 Å². The molecule has 78 valence electrons. The Morgan fingerprint density at radius 2 is 1.85 bits per heavy atom. The van der Waals surface area contributed by atoms with Crippen LogP contribution in [0.15, 0.2) is 5.10 Å². The lowest BCUT2D eigenvalue weighted by Crippen LogP contribution is -2.35. The molecule has 0 atom stereocenters. The van der Waals surface area contributed by atoms with E-state index in [1.54, 1.807) is 0 Å². The Bertz CT molecular complexity index is 145. The monoisotopic (exact) mass is 186 g/mol. The molecule has 0 amide bonds. The van der Waals surface area contributed by atoms with E-state index in [1.807, 2.05) is 11.9 Å². The molecule has 0 aromatic heterocycles. The molecule has 0 aromatic rings. The third-order valence-corrected chi connectivity index (χ3v) is 2.12. The minimum absolute atomic E-state index is 0.412. The van der Waals surface area contributed by atoms with Gasteiger partial charge in [-0.2, -0.15) is 0 Å². The molecule has 0 unspecified atom stereocenters. The van der Waals surface area contributed by atoms with Gasteiger partial charge in [0.2, 0.25) is 5.96 Å². The summed E-state index contributed by atoms with van der Waals surface area (Å²) >= 11 is 0. The molecule has 0 saturated carbocycles. The Balaban J connectivity index is 3.32. The third kappa shape index (κ3) is 6.25. The maximum absolute atomic E-state index is 5.51. The van der Waals surface area contributed by atoms with Gasteiger partial charge in [-0.15, -0.1) is 5.10 Å². The Hall–Kier alpha value is -0.930. The lowest BCUT2D eigenvalue weighted by atomic mass is 10.1. The number of hydrogen-bond acceptors (Lipinski definition) is 2. The molecule has 0 spiro atoms. The summed E-state index contributed by atoms with van der Waals surface area (Å²) in [7, 11) is 1.91. The maximum atomic E-state index is 5.51. The van der Waals surface area contributed by atoms with Crippen LogP contribution in [0.3, 0.4) is 0 Å². The van der Waals surface area contributed by atoms with Crippen molar-refractivity contribution in [3.8, 4) is 0 Å². The molecule has 0 saturated heterocycles. The van der Waals surface area contributed by atoms with Crippen LogP contribution in [-0.2, 0) is 0 Å². The first kappa shape index (κ1) is 12.1. The summed E-state index contributed by atoms with van der Waals surface area (Å²) in [6.07, 6.45) is 6.33. The summed E-state index contributed by atoms with van der Waals surface area (Å²) in [5.74, 6) is 5.46. The predicted octanol–water partition coefficient (Wildman–Crippen LogP) is 1.08. The van der Waals surface area contributed by atoms with Gasteiger partial charge in [-0.25, -0.2) is 0 Å². The average Bonchev–Trinajstić information content (AvgIpc) is 2.16. The fraction of sp³-hybridized carbons (Fsp3) is 0.889. The van der Waals surface area contributed by atoms with Crippen molar-refractivity contribution in [1.29, 1.82) is 0 Å². The zero-order valence-electron chi connectivity index (χ0n) is 8.79. The zero-order chi connectivity index (χ0) is 10.1. The van der Waals surface area contributed by atoms with Crippen molar-refractivity contribution in [2.45, 2.75) is 39.0 Å². The van der Waals surface area contributed by atoms with Crippen LogP contribution in [-0.4, -0.2) is 24.5 Å². The second-order valence-corrected chi connectivity index (χ2v) is 3.32. The molecule has 0 rings (SSSR count). The number of rotatable bonds is 6. The summed E-state index contributed by atoms with van der Waals surface area (Å²) in [6, 6.07) is 0. The molecule has 0 aliphatic carbocycles. The molecule has 0 heterocycles. The third-order valence-electron chi connectivity index (χ3n) is 2.12. The van der Waals surface area contributed by atoms with Crippen molar-refractivity contribution in [2.24, 2.45) is 16.7 Å².